The Bertz CT molecular complexity index is 460. The van der Waals surface area contributed by atoms with E-state index >= 15 is 0 Å². The molecule has 1 aliphatic carbocycles. The Hall–Kier alpha value is -1.91. The third-order valence-corrected chi connectivity index (χ3v) is 3.18. The highest BCUT2D eigenvalue weighted by Gasteiger charge is 2.42. The van der Waals surface area contributed by atoms with E-state index in [1.807, 2.05) is 18.2 Å². The van der Waals surface area contributed by atoms with Crippen molar-refractivity contribution in [1.82, 2.24) is 0 Å². The van der Waals surface area contributed by atoms with E-state index in [0.717, 1.165) is 23.6 Å². The van der Waals surface area contributed by atoms with Crippen LogP contribution in [0.4, 0.5) is 5.69 Å². The lowest BCUT2D eigenvalue weighted by Crippen LogP contribution is -2.08. The molecular formula is C12H13NO4. The topological polar surface area (TPSA) is 67.8 Å². The molecule has 1 aromatic carbocycles. The van der Waals surface area contributed by atoms with Crippen molar-refractivity contribution in [2.75, 3.05) is 18.7 Å². The molecule has 1 aromatic rings. The molecule has 1 heterocycles. The lowest BCUT2D eigenvalue weighted by Gasteiger charge is -2.06. The zero-order valence-corrected chi connectivity index (χ0v) is 9.18. The molecule has 1 saturated carbocycles. The molecule has 1 aliphatic heterocycles. The molecule has 0 bridgehead atoms. The highest BCUT2D eigenvalue weighted by molar-refractivity contribution is 5.73. The molecule has 2 N–H and O–H groups in total. The minimum atomic E-state index is -0.692. The van der Waals surface area contributed by atoms with E-state index in [2.05, 4.69) is 5.32 Å². The Kier molecular flexibility index (Phi) is 2.31. The summed E-state index contributed by atoms with van der Waals surface area (Å²) in [6.45, 7) is 0.957. The Morgan fingerprint density at radius 3 is 3.00 bits per heavy atom. The Morgan fingerprint density at radius 2 is 2.24 bits per heavy atom. The fourth-order valence-electron chi connectivity index (χ4n) is 2.03. The van der Waals surface area contributed by atoms with Crippen LogP contribution in [0, 0.1) is 11.8 Å². The summed E-state index contributed by atoms with van der Waals surface area (Å²) in [5, 5.41) is 12.0. The third-order valence-electron chi connectivity index (χ3n) is 3.18. The van der Waals surface area contributed by atoms with Gasteiger partial charge in [0.2, 0.25) is 6.79 Å². The third kappa shape index (κ3) is 2.00. The first-order valence-electron chi connectivity index (χ1n) is 5.60. The molecule has 2 unspecified atom stereocenters. The Labute approximate surface area is 98.3 Å². The number of carboxylic acids is 1. The first-order chi connectivity index (χ1) is 8.24. The van der Waals surface area contributed by atoms with Gasteiger partial charge < -0.3 is 19.9 Å². The summed E-state index contributed by atoms with van der Waals surface area (Å²) in [5.41, 5.74) is 0.935. The van der Waals surface area contributed by atoms with E-state index in [1.54, 1.807) is 0 Å². The van der Waals surface area contributed by atoms with E-state index in [1.165, 1.54) is 0 Å². The van der Waals surface area contributed by atoms with Crippen molar-refractivity contribution in [1.29, 1.82) is 0 Å². The first-order valence-corrected chi connectivity index (χ1v) is 5.60. The fourth-order valence-corrected chi connectivity index (χ4v) is 2.03. The fraction of sp³-hybridized carbons (Fsp3) is 0.417. The van der Waals surface area contributed by atoms with Gasteiger partial charge in [-0.1, -0.05) is 0 Å². The van der Waals surface area contributed by atoms with Gasteiger partial charge in [0, 0.05) is 18.3 Å². The average molecular weight is 235 g/mol. The van der Waals surface area contributed by atoms with E-state index in [0.29, 0.717) is 6.54 Å². The van der Waals surface area contributed by atoms with Gasteiger partial charge in [0.1, 0.15) is 0 Å². The molecule has 17 heavy (non-hydrogen) atoms. The smallest absolute Gasteiger partial charge is 0.306 e. The second kappa shape index (κ2) is 3.84. The minimum absolute atomic E-state index is 0.170. The highest BCUT2D eigenvalue weighted by Crippen LogP contribution is 2.39. The van der Waals surface area contributed by atoms with Crippen molar-refractivity contribution in [3.63, 3.8) is 0 Å². The second-order valence-corrected chi connectivity index (χ2v) is 4.39. The monoisotopic (exact) mass is 235 g/mol. The van der Waals surface area contributed by atoms with Crippen molar-refractivity contribution in [3.05, 3.63) is 18.2 Å². The van der Waals surface area contributed by atoms with E-state index in [4.69, 9.17) is 14.6 Å². The average Bonchev–Trinajstić information content (AvgIpc) is 2.95. The van der Waals surface area contributed by atoms with Gasteiger partial charge in [-0.05, 0) is 24.5 Å². The van der Waals surface area contributed by atoms with Gasteiger partial charge in [-0.25, -0.2) is 0 Å². The SMILES string of the molecule is O=C(O)C1CC1CNc1ccc2c(c1)OCO2. The number of rotatable bonds is 4. The van der Waals surface area contributed by atoms with Crippen molar-refractivity contribution in [2.24, 2.45) is 11.8 Å². The minimum Gasteiger partial charge on any atom is -0.481 e. The number of carbonyl (C=O) groups is 1. The number of fused-ring (bicyclic) bond motifs is 1. The molecule has 5 heteroatoms. The number of carboxylic acid groups (broad SMARTS) is 1. The number of benzene rings is 1. The molecule has 0 saturated heterocycles. The summed E-state index contributed by atoms with van der Waals surface area (Å²) in [4.78, 5) is 10.7. The maximum Gasteiger partial charge on any atom is 0.306 e. The van der Waals surface area contributed by atoms with Crippen LogP contribution in [-0.2, 0) is 4.79 Å². The number of ether oxygens (including phenoxy) is 2. The maximum absolute atomic E-state index is 10.7. The summed E-state index contributed by atoms with van der Waals surface area (Å²) >= 11 is 0. The molecule has 0 amide bonds. The lowest BCUT2D eigenvalue weighted by atomic mass is 10.2. The van der Waals surface area contributed by atoms with Crippen molar-refractivity contribution >= 4 is 11.7 Å². The van der Waals surface area contributed by atoms with Gasteiger partial charge in [0.05, 0.1) is 5.92 Å². The number of aliphatic carboxylic acids is 1. The van der Waals surface area contributed by atoms with Gasteiger partial charge in [-0.2, -0.15) is 0 Å². The summed E-state index contributed by atoms with van der Waals surface area (Å²) in [7, 11) is 0. The van der Waals surface area contributed by atoms with Crippen LogP contribution < -0.4 is 14.8 Å². The van der Waals surface area contributed by atoms with Crippen LogP contribution in [0.15, 0.2) is 18.2 Å². The molecular weight excluding hydrogens is 222 g/mol. The van der Waals surface area contributed by atoms with Gasteiger partial charge in [-0.15, -0.1) is 0 Å². The van der Waals surface area contributed by atoms with Crippen molar-refractivity contribution < 1.29 is 19.4 Å². The number of hydrogen-bond acceptors (Lipinski definition) is 4. The van der Waals surface area contributed by atoms with Crippen LogP contribution in [0.2, 0.25) is 0 Å². The maximum atomic E-state index is 10.7. The molecule has 1 fully saturated rings. The summed E-state index contributed by atoms with van der Waals surface area (Å²) < 4.78 is 10.5. The van der Waals surface area contributed by atoms with Crippen LogP contribution in [0.25, 0.3) is 0 Å². The zero-order valence-electron chi connectivity index (χ0n) is 9.18. The zero-order chi connectivity index (χ0) is 11.8. The quantitative estimate of drug-likeness (QED) is 0.828. The van der Waals surface area contributed by atoms with Crippen LogP contribution in [0.3, 0.4) is 0 Å². The summed E-state index contributed by atoms with van der Waals surface area (Å²) in [5.74, 6) is 0.878. The largest absolute Gasteiger partial charge is 0.481 e. The summed E-state index contributed by atoms with van der Waals surface area (Å²) in [6, 6.07) is 5.64. The van der Waals surface area contributed by atoms with Crippen LogP contribution in [0.1, 0.15) is 6.42 Å². The lowest BCUT2D eigenvalue weighted by molar-refractivity contribution is -0.138. The predicted molar refractivity (Wildman–Crippen MR) is 60.3 cm³/mol. The van der Waals surface area contributed by atoms with Crippen LogP contribution >= 0.6 is 0 Å². The van der Waals surface area contributed by atoms with Crippen LogP contribution in [-0.4, -0.2) is 24.4 Å². The molecule has 2 aliphatic rings. The molecule has 3 rings (SSSR count). The first kappa shape index (κ1) is 10.3. The van der Waals surface area contributed by atoms with Gasteiger partial charge in [-0.3, -0.25) is 4.79 Å². The molecule has 0 radical (unpaired) electrons. The van der Waals surface area contributed by atoms with Crippen molar-refractivity contribution in [3.8, 4) is 11.5 Å². The molecule has 0 spiro atoms. The number of nitrogens with one attached hydrogen (secondary N) is 1. The second-order valence-electron chi connectivity index (χ2n) is 4.39. The molecule has 90 valence electrons. The number of hydrogen-bond donors (Lipinski definition) is 2. The Morgan fingerprint density at radius 1 is 1.41 bits per heavy atom. The van der Waals surface area contributed by atoms with Crippen molar-refractivity contribution in [2.45, 2.75) is 6.42 Å². The molecule has 2 atom stereocenters. The predicted octanol–water partition coefficient (Wildman–Crippen LogP) is 1.55. The van der Waals surface area contributed by atoms with E-state index < -0.39 is 5.97 Å². The van der Waals surface area contributed by atoms with E-state index in [-0.39, 0.29) is 18.6 Å². The molecule has 0 aromatic heterocycles. The van der Waals surface area contributed by atoms with Gasteiger partial charge in [0.15, 0.2) is 11.5 Å². The standard InChI is InChI=1S/C12H13NO4/c14-12(15)9-3-7(9)5-13-8-1-2-10-11(4-8)17-6-16-10/h1-2,4,7,9,13H,3,5-6H2,(H,14,15). The van der Waals surface area contributed by atoms with E-state index in [9.17, 15) is 4.79 Å². The number of anilines is 1. The van der Waals surface area contributed by atoms with Gasteiger partial charge >= 0.3 is 5.97 Å². The highest BCUT2D eigenvalue weighted by atomic mass is 16.7. The van der Waals surface area contributed by atoms with Crippen LogP contribution in [0.5, 0.6) is 11.5 Å². The van der Waals surface area contributed by atoms with Gasteiger partial charge in [0.25, 0.3) is 0 Å². The Balaban J connectivity index is 1.58. The molecule has 5 nitrogen and oxygen atoms in total. The normalized spacial score (nSPS) is 24.5. The summed E-state index contributed by atoms with van der Waals surface area (Å²) in [6.07, 6.45) is 0.771.